The lowest BCUT2D eigenvalue weighted by Crippen LogP contribution is -2.45. The van der Waals surface area contributed by atoms with Crippen molar-refractivity contribution in [2.45, 2.75) is 26.3 Å². The average molecular weight is 181 g/mol. The van der Waals surface area contributed by atoms with Gasteiger partial charge < -0.3 is 4.74 Å². The molecule has 1 rings (SSSR count). The molecule has 0 saturated carbocycles. The van der Waals surface area contributed by atoms with Crippen molar-refractivity contribution in [1.29, 1.82) is 0 Å². The van der Waals surface area contributed by atoms with Crippen molar-refractivity contribution >= 4 is 0 Å². The van der Waals surface area contributed by atoms with Crippen molar-refractivity contribution in [3.05, 3.63) is 0 Å². The second kappa shape index (κ2) is 4.13. The van der Waals surface area contributed by atoms with Crippen LogP contribution < -0.4 is 0 Å². The van der Waals surface area contributed by atoms with Gasteiger partial charge in [-0.2, -0.15) is 0 Å². The largest absolute Gasteiger partial charge is 0.380 e. The highest BCUT2D eigenvalue weighted by atomic mass is 16.5. The van der Waals surface area contributed by atoms with Crippen LogP contribution in [-0.4, -0.2) is 36.7 Å². The Hall–Kier alpha value is -0.520. The lowest BCUT2D eigenvalue weighted by molar-refractivity contribution is 0.119. The number of hydrogen-bond acceptors (Lipinski definition) is 2. The van der Waals surface area contributed by atoms with Crippen LogP contribution in [0.15, 0.2) is 0 Å². The summed E-state index contributed by atoms with van der Waals surface area (Å²) in [7, 11) is 0. The summed E-state index contributed by atoms with van der Waals surface area (Å²) in [5.74, 6) is 3.41. The summed E-state index contributed by atoms with van der Waals surface area (Å²) in [6.45, 7) is 10.0. The number of nitrogens with zero attached hydrogens (tertiary/aromatic N) is 1. The van der Waals surface area contributed by atoms with Gasteiger partial charge in [-0.25, -0.2) is 0 Å². The molecule has 0 aromatic carbocycles. The predicted molar refractivity (Wildman–Crippen MR) is 54.5 cm³/mol. The Morgan fingerprint density at radius 3 is 2.85 bits per heavy atom. The van der Waals surface area contributed by atoms with E-state index in [9.17, 15) is 0 Å². The van der Waals surface area contributed by atoms with Gasteiger partial charge >= 0.3 is 0 Å². The normalized spacial score (nSPS) is 26.5. The molecule has 0 N–H and O–H groups in total. The van der Waals surface area contributed by atoms with Gasteiger partial charge in [0.1, 0.15) is 0 Å². The molecule has 13 heavy (non-hydrogen) atoms. The lowest BCUT2D eigenvalue weighted by atomic mass is 10.0. The molecule has 2 heteroatoms. The van der Waals surface area contributed by atoms with Crippen molar-refractivity contribution in [1.82, 2.24) is 4.90 Å². The molecule has 1 heterocycles. The van der Waals surface area contributed by atoms with Crippen molar-refractivity contribution in [3.63, 3.8) is 0 Å². The zero-order valence-corrected chi connectivity index (χ0v) is 8.84. The Morgan fingerprint density at radius 2 is 2.23 bits per heavy atom. The second-order valence-electron chi connectivity index (χ2n) is 4.33. The molecule has 0 aliphatic carbocycles. The molecular formula is C11H19NO. The monoisotopic (exact) mass is 181 g/mol. The minimum absolute atomic E-state index is 0.137. The Bertz CT molecular complexity index is 205. The van der Waals surface area contributed by atoms with E-state index in [-0.39, 0.29) is 5.54 Å². The minimum Gasteiger partial charge on any atom is -0.380 e. The van der Waals surface area contributed by atoms with E-state index in [1.807, 2.05) is 0 Å². The maximum absolute atomic E-state index is 5.50. The predicted octanol–water partition coefficient (Wildman–Crippen LogP) is 1.37. The van der Waals surface area contributed by atoms with Crippen LogP contribution in [0.25, 0.3) is 0 Å². The third-order valence-corrected chi connectivity index (χ3v) is 2.58. The highest BCUT2D eigenvalue weighted by Crippen LogP contribution is 2.17. The first-order chi connectivity index (χ1) is 6.06. The van der Waals surface area contributed by atoms with E-state index < -0.39 is 0 Å². The highest BCUT2D eigenvalue weighted by molar-refractivity contribution is 5.08. The van der Waals surface area contributed by atoms with Crippen LogP contribution in [0.2, 0.25) is 0 Å². The summed E-state index contributed by atoms with van der Waals surface area (Å²) in [5.41, 5.74) is -0.137. The average Bonchev–Trinajstić information content (AvgIpc) is 2.30. The highest BCUT2D eigenvalue weighted by Gasteiger charge is 2.27. The number of rotatable bonds is 1. The summed E-state index contributed by atoms with van der Waals surface area (Å²) >= 11 is 0. The number of ether oxygens (including phenoxy) is 1. The summed E-state index contributed by atoms with van der Waals surface area (Å²) in [4.78, 5) is 2.32. The molecule has 1 fully saturated rings. The van der Waals surface area contributed by atoms with Crippen LogP contribution in [0.3, 0.4) is 0 Å². The van der Waals surface area contributed by atoms with E-state index in [4.69, 9.17) is 11.2 Å². The minimum atomic E-state index is -0.137. The Balaban J connectivity index is 2.63. The molecule has 2 nitrogen and oxygen atoms in total. The number of hydrogen-bond donors (Lipinski definition) is 0. The van der Waals surface area contributed by atoms with Crippen molar-refractivity contribution < 1.29 is 4.74 Å². The standard InChI is InChI=1S/C11H19NO/c1-5-11(3,4)12-6-7-13-9-10(2)8-12/h1,10H,6-9H2,2-4H3. The zero-order valence-electron chi connectivity index (χ0n) is 8.84. The topological polar surface area (TPSA) is 12.5 Å². The maximum Gasteiger partial charge on any atom is 0.0767 e. The smallest absolute Gasteiger partial charge is 0.0767 e. The van der Waals surface area contributed by atoms with Gasteiger partial charge in [-0.15, -0.1) is 6.42 Å². The van der Waals surface area contributed by atoms with Gasteiger partial charge in [0.2, 0.25) is 0 Å². The van der Waals surface area contributed by atoms with Crippen LogP contribution >= 0.6 is 0 Å². The van der Waals surface area contributed by atoms with Gasteiger partial charge in [-0.3, -0.25) is 4.90 Å². The summed E-state index contributed by atoms with van der Waals surface area (Å²) in [6, 6.07) is 0. The van der Waals surface area contributed by atoms with Crippen LogP contribution in [-0.2, 0) is 4.74 Å². The molecule has 1 aliphatic heterocycles. The molecule has 1 aliphatic rings. The van der Waals surface area contributed by atoms with Gasteiger partial charge in [0.05, 0.1) is 18.8 Å². The molecular weight excluding hydrogens is 162 g/mol. The molecule has 0 radical (unpaired) electrons. The molecule has 0 spiro atoms. The Kier molecular flexibility index (Phi) is 3.35. The van der Waals surface area contributed by atoms with Crippen molar-refractivity contribution in [2.75, 3.05) is 26.3 Å². The van der Waals surface area contributed by atoms with Gasteiger partial charge in [-0.1, -0.05) is 12.8 Å². The second-order valence-corrected chi connectivity index (χ2v) is 4.33. The van der Waals surface area contributed by atoms with Crippen LogP contribution in [0, 0.1) is 18.3 Å². The fraction of sp³-hybridized carbons (Fsp3) is 0.818. The quantitative estimate of drug-likeness (QED) is 0.566. The first-order valence-corrected chi connectivity index (χ1v) is 4.87. The third-order valence-electron chi connectivity index (χ3n) is 2.58. The van der Waals surface area contributed by atoms with Gasteiger partial charge in [0.25, 0.3) is 0 Å². The molecule has 1 unspecified atom stereocenters. The fourth-order valence-electron chi connectivity index (χ4n) is 1.58. The third kappa shape index (κ3) is 2.72. The molecule has 0 amide bonds. The molecule has 0 bridgehead atoms. The SMILES string of the molecule is C#CC(C)(C)N1CCOCC(C)C1. The Morgan fingerprint density at radius 1 is 1.54 bits per heavy atom. The van der Waals surface area contributed by atoms with E-state index in [2.05, 4.69) is 31.6 Å². The molecule has 1 atom stereocenters. The van der Waals surface area contributed by atoms with Crippen LogP contribution in [0.5, 0.6) is 0 Å². The van der Waals surface area contributed by atoms with Crippen molar-refractivity contribution in [3.8, 4) is 12.3 Å². The van der Waals surface area contributed by atoms with E-state index in [1.54, 1.807) is 0 Å². The Labute approximate surface area is 81.3 Å². The fourth-order valence-corrected chi connectivity index (χ4v) is 1.58. The molecule has 0 aromatic rings. The molecule has 74 valence electrons. The van der Waals surface area contributed by atoms with Crippen LogP contribution in [0.4, 0.5) is 0 Å². The van der Waals surface area contributed by atoms with Gasteiger partial charge in [-0.05, 0) is 19.8 Å². The van der Waals surface area contributed by atoms with E-state index in [1.165, 1.54) is 0 Å². The summed E-state index contributed by atoms with van der Waals surface area (Å²) < 4.78 is 5.47. The summed E-state index contributed by atoms with van der Waals surface area (Å²) in [6.07, 6.45) is 5.50. The zero-order chi connectivity index (χ0) is 9.90. The lowest BCUT2D eigenvalue weighted by Gasteiger charge is -2.34. The van der Waals surface area contributed by atoms with Crippen molar-refractivity contribution in [2.24, 2.45) is 5.92 Å². The van der Waals surface area contributed by atoms with Gasteiger partial charge in [0, 0.05) is 13.1 Å². The van der Waals surface area contributed by atoms with E-state index in [0.717, 1.165) is 26.3 Å². The molecule has 1 saturated heterocycles. The first kappa shape index (κ1) is 10.6. The number of terminal acetylenes is 1. The molecule has 0 aromatic heterocycles. The van der Waals surface area contributed by atoms with Crippen LogP contribution in [0.1, 0.15) is 20.8 Å². The van der Waals surface area contributed by atoms with Gasteiger partial charge in [0.15, 0.2) is 0 Å². The maximum atomic E-state index is 5.50. The van der Waals surface area contributed by atoms with E-state index in [0.29, 0.717) is 5.92 Å². The van der Waals surface area contributed by atoms with E-state index >= 15 is 0 Å². The first-order valence-electron chi connectivity index (χ1n) is 4.87. The summed E-state index contributed by atoms with van der Waals surface area (Å²) in [5, 5.41) is 0.